The van der Waals surface area contributed by atoms with E-state index >= 15 is 0 Å². The van der Waals surface area contributed by atoms with Crippen LogP contribution in [0.1, 0.15) is 43.1 Å². The molecule has 7 nitrogen and oxygen atoms in total. The fraction of sp³-hybridized carbons (Fsp3) is 0.348. The molecule has 2 rings (SSSR count). The minimum atomic E-state index is -0.726. The van der Waals surface area contributed by atoms with Gasteiger partial charge in [0, 0.05) is 5.56 Å². The van der Waals surface area contributed by atoms with Crippen molar-refractivity contribution in [3.8, 4) is 11.5 Å². The number of rotatable bonds is 10. The number of benzene rings is 2. The van der Waals surface area contributed by atoms with Crippen molar-refractivity contribution in [3.05, 3.63) is 59.7 Å². The lowest BCUT2D eigenvalue weighted by atomic mass is 10.0. The van der Waals surface area contributed by atoms with Crippen LogP contribution in [0.15, 0.2) is 53.6 Å². The Labute approximate surface area is 177 Å². The first-order valence-electron chi connectivity index (χ1n) is 9.95. The van der Waals surface area contributed by atoms with E-state index < -0.39 is 6.04 Å². The zero-order chi connectivity index (χ0) is 21.9. The van der Waals surface area contributed by atoms with Crippen LogP contribution >= 0.6 is 0 Å². The van der Waals surface area contributed by atoms with Crippen molar-refractivity contribution < 1.29 is 19.1 Å². The van der Waals surface area contributed by atoms with E-state index in [1.807, 2.05) is 45.0 Å². The SMILES string of the molecule is CCCOc1cccc(C=NNC(=O)C(NC(=O)c2ccc(OC)cc2)C(C)C)c1. The number of hydrogen-bond donors (Lipinski definition) is 2. The molecule has 0 radical (unpaired) electrons. The summed E-state index contributed by atoms with van der Waals surface area (Å²) in [7, 11) is 1.56. The maximum atomic E-state index is 12.6. The highest BCUT2D eigenvalue weighted by atomic mass is 16.5. The van der Waals surface area contributed by atoms with Gasteiger partial charge in [0.2, 0.25) is 0 Å². The molecule has 0 saturated carbocycles. The number of hydrogen-bond acceptors (Lipinski definition) is 5. The van der Waals surface area contributed by atoms with Gasteiger partial charge in [-0.3, -0.25) is 9.59 Å². The fourth-order valence-electron chi connectivity index (χ4n) is 2.65. The average Bonchev–Trinajstić information content (AvgIpc) is 2.75. The van der Waals surface area contributed by atoms with E-state index in [-0.39, 0.29) is 17.7 Å². The van der Waals surface area contributed by atoms with Crippen LogP contribution in [0, 0.1) is 5.92 Å². The van der Waals surface area contributed by atoms with Gasteiger partial charge in [-0.05, 0) is 54.3 Å². The second-order valence-electron chi connectivity index (χ2n) is 7.08. The Balaban J connectivity index is 1.98. The van der Waals surface area contributed by atoms with Gasteiger partial charge in [0.05, 0.1) is 19.9 Å². The minimum Gasteiger partial charge on any atom is -0.497 e. The second kappa shape index (κ2) is 11.6. The number of carbonyl (C=O) groups is 2. The normalized spacial score (nSPS) is 11.9. The first-order chi connectivity index (χ1) is 14.4. The van der Waals surface area contributed by atoms with E-state index in [1.54, 1.807) is 37.6 Å². The molecule has 0 spiro atoms. The molecule has 1 unspecified atom stereocenters. The maximum absolute atomic E-state index is 12.6. The smallest absolute Gasteiger partial charge is 0.262 e. The van der Waals surface area contributed by atoms with Crippen LogP contribution in [-0.2, 0) is 4.79 Å². The van der Waals surface area contributed by atoms with E-state index in [0.29, 0.717) is 17.9 Å². The Morgan fingerprint density at radius 1 is 1.10 bits per heavy atom. The molecule has 160 valence electrons. The summed E-state index contributed by atoms with van der Waals surface area (Å²) in [6.07, 6.45) is 2.46. The van der Waals surface area contributed by atoms with E-state index in [2.05, 4.69) is 15.8 Å². The van der Waals surface area contributed by atoms with Crippen molar-refractivity contribution in [1.82, 2.24) is 10.7 Å². The van der Waals surface area contributed by atoms with E-state index in [0.717, 1.165) is 17.7 Å². The topological polar surface area (TPSA) is 89.0 Å². The first kappa shape index (κ1) is 22.9. The summed E-state index contributed by atoms with van der Waals surface area (Å²) in [5.74, 6) is 0.563. The molecule has 2 aromatic carbocycles. The minimum absolute atomic E-state index is 0.117. The molecule has 2 N–H and O–H groups in total. The highest BCUT2D eigenvalue weighted by molar-refractivity contribution is 5.97. The van der Waals surface area contributed by atoms with E-state index in [9.17, 15) is 9.59 Å². The molecule has 0 heterocycles. The summed E-state index contributed by atoms with van der Waals surface area (Å²) in [5.41, 5.74) is 3.75. The van der Waals surface area contributed by atoms with Crippen molar-refractivity contribution in [3.63, 3.8) is 0 Å². The Hall–Kier alpha value is -3.35. The van der Waals surface area contributed by atoms with Crippen molar-refractivity contribution in [1.29, 1.82) is 0 Å². The molecule has 7 heteroatoms. The molecule has 0 saturated heterocycles. The molecule has 0 aliphatic heterocycles. The number of methoxy groups -OCH3 is 1. The summed E-state index contributed by atoms with van der Waals surface area (Å²) in [5, 5.41) is 6.79. The Bertz CT molecular complexity index is 863. The third-order valence-electron chi connectivity index (χ3n) is 4.31. The molecular weight excluding hydrogens is 382 g/mol. The van der Waals surface area contributed by atoms with Crippen molar-refractivity contribution >= 4 is 18.0 Å². The van der Waals surface area contributed by atoms with Crippen molar-refractivity contribution in [2.24, 2.45) is 11.0 Å². The van der Waals surface area contributed by atoms with Gasteiger partial charge in [0.25, 0.3) is 11.8 Å². The lowest BCUT2D eigenvalue weighted by Gasteiger charge is -2.20. The highest BCUT2D eigenvalue weighted by Gasteiger charge is 2.24. The van der Waals surface area contributed by atoms with Crippen molar-refractivity contribution in [2.45, 2.75) is 33.2 Å². The van der Waals surface area contributed by atoms with Crippen LogP contribution in [0.2, 0.25) is 0 Å². The number of hydrazone groups is 1. The molecule has 1 atom stereocenters. The number of ether oxygens (including phenoxy) is 2. The lowest BCUT2D eigenvalue weighted by Crippen LogP contribution is -2.48. The van der Waals surface area contributed by atoms with E-state index in [4.69, 9.17) is 9.47 Å². The van der Waals surface area contributed by atoms with Crippen LogP contribution in [0.5, 0.6) is 11.5 Å². The summed E-state index contributed by atoms with van der Waals surface area (Å²) in [6, 6.07) is 13.4. The molecule has 0 aliphatic rings. The summed E-state index contributed by atoms with van der Waals surface area (Å²) in [4.78, 5) is 25.1. The summed E-state index contributed by atoms with van der Waals surface area (Å²) >= 11 is 0. The molecule has 2 amide bonds. The number of nitrogens with zero attached hydrogens (tertiary/aromatic N) is 1. The quantitative estimate of drug-likeness (QED) is 0.463. The standard InChI is InChI=1S/C23H29N3O4/c1-5-13-30-20-8-6-7-17(14-20)15-24-26-23(28)21(16(2)3)25-22(27)18-9-11-19(29-4)12-10-18/h6-12,14-16,21H,5,13H2,1-4H3,(H,25,27)(H,26,28). The zero-order valence-corrected chi connectivity index (χ0v) is 17.8. The van der Waals surface area contributed by atoms with Gasteiger partial charge in [-0.2, -0.15) is 5.10 Å². The second-order valence-corrected chi connectivity index (χ2v) is 7.08. The zero-order valence-electron chi connectivity index (χ0n) is 17.8. The fourth-order valence-corrected chi connectivity index (χ4v) is 2.65. The van der Waals surface area contributed by atoms with Crippen LogP contribution in [0.4, 0.5) is 0 Å². The van der Waals surface area contributed by atoms with Crippen molar-refractivity contribution in [2.75, 3.05) is 13.7 Å². The molecular formula is C23H29N3O4. The van der Waals surface area contributed by atoms with Gasteiger partial charge < -0.3 is 14.8 Å². The van der Waals surface area contributed by atoms with Gasteiger partial charge in [-0.1, -0.05) is 32.9 Å². The van der Waals surface area contributed by atoms with Gasteiger partial charge >= 0.3 is 0 Å². The maximum Gasteiger partial charge on any atom is 0.262 e. The number of amides is 2. The molecule has 30 heavy (non-hydrogen) atoms. The molecule has 0 aliphatic carbocycles. The summed E-state index contributed by atoms with van der Waals surface area (Å²) in [6.45, 7) is 6.40. The molecule has 0 bridgehead atoms. The van der Waals surface area contributed by atoms with Crippen LogP contribution < -0.4 is 20.2 Å². The first-order valence-corrected chi connectivity index (χ1v) is 9.95. The predicted molar refractivity (Wildman–Crippen MR) is 117 cm³/mol. The monoisotopic (exact) mass is 411 g/mol. The largest absolute Gasteiger partial charge is 0.497 e. The Kier molecular flexibility index (Phi) is 8.87. The number of nitrogens with one attached hydrogen (secondary N) is 2. The molecule has 2 aromatic rings. The third-order valence-corrected chi connectivity index (χ3v) is 4.31. The Morgan fingerprint density at radius 2 is 1.83 bits per heavy atom. The lowest BCUT2D eigenvalue weighted by molar-refractivity contribution is -0.123. The van der Waals surface area contributed by atoms with Gasteiger partial charge in [0.1, 0.15) is 17.5 Å². The van der Waals surface area contributed by atoms with Gasteiger partial charge in [-0.25, -0.2) is 5.43 Å². The van der Waals surface area contributed by atoms with Gasteiger partial charge in [-0.15, -0.1) is 0 Å². The molecule has 0 fully saturated rings. The van der Waals surface area contributed by atoms with Crippen LogP contribution in [-0.4, -0.2) is 37.8 Å². The summed E-state index contributed by atoms with van der Waals surface area (Å²) < 4.78 is 10.7. The molecule has 0 aromatic heterocycles. The third kappa shape index (κ3) is 6.92. The van der Waals surface area contributed by atoms with Crippen LogP contribution in [0.3, 0.4) is 0 Å². The number of carbonyl (C=O) groups excluding carboxylic acids is 2. The Morgan fingerprint density at radius 3 is 2.47 bits per heavy atom. The van der Waals surface area contributed by atoms with Gasteiger partial charge in [0.15, 0.2) is 0 Å². The highest BCUT2D eigenvalue weighted by Crippen LogP contribution is 2.13. The average molecular weight is 412 g/mol. The predicted octanol–water partition coefficient (Wildman–Crippen LogP) is 3.39. The van der Waals surface area contributed by atoms with E-state index in [1.165, 1.54) is 0 Å². The van der Waals surface area contributed by atoms with Crippen LogP contribution in [0.25, 0.3) is 0 Å².